The first-order chi connectivity index (χ1) is 17.0. The number of aryl methyl sites for hydroxylation is 1. The van der Waals surface area contributed by atoms with Crippen molar-refractivity contribution in [3.05, 3.63) is 58.4 Å². The van der Waals surface area contributed by atoms with Crippen LogP contribution >= 0.6 is 0 Å². The van der Waals surface area contributed by atoms with E-state index in [9.17, 15) is 31.5 Å². The van der Waals surface area contributed by atoms with Crippen LogP contribution in [0.25, 0.3) is 5.52 Å². The van der Waals surface area contributed by atoms with Gasteiger partial charge in [0.05, 0.1) is 18.3 Å². The van der Waals surface area contributed by atoms with Gasteiger partial charge in [-0.1, -0.05) is 0 Å². The van der Waals surface area contributed by atoms with Crippen molar-refractivity contribution in [3.8, 4) is 5.75 Å². The maximum Gasteiger partial charge on any atom is 0.433 e. The number of nitrogens with zero attached hydrogens (tertiary/aromatic N) is 4. The lowest BCUT2D eigenvalue weighted by Gasteiger charge is -2.34. The van der Waals surface area contributed by atoms with Crippen LogP contribution in [0.15, 0.2) is 24.3 Å². The lowest BCUT2D eigenvalue weighted by molar-refractivity contribution is -0.142. The number of rotatable bonds is 4. The summed E-state index contributed by atoms with van der Waals surface area (Å²) in [6.45, 7) is 0.850. The number of halogens is 5. The SMILES string of the molecule is COc1cc(F)c(N2CCN(C(=O)c3nn4c(C(F)(F)F)cc(C5CC5)cc4c3C)CC2=O)cc1F. The summed E-state index contributed by atoms with van der Waals surface area (Å²) in [6.07, 6.45) is -3.07. The van der Waals surface area contributed by atoms with Crippen molar-refractivity contribution in [1.29, 1.82) is 0 Å². The van der Waals surface area contributed by atoms with Crippen LogP contribution in [0.2, 0.25) is 0 Å². The number of alkyl halides is 3. The summed E-state index contributed by atoms with van der Waals surface area (Å²) in [5.41, 5.74) is -0.466. The Bertz CT molecular complexity index is 1400. The molecule has 190 valence electrons. The van der Waals surface area contributed by atoms with Crippen molar-refractivity contribution in [1.82, 2.24) is 14.5 Å². The monoisotopic (exact) mass is 508 g/mol. The topological polar surface area (TPSA) is 67.2 Å². The van der Waals surface area contributed by atoms with E-state index in [4.69, 9.17) is 4.74 Å². The molecule has 2 amide bonds. The molecule has 0 radical (unpaired) electrons. The highest BCUT2D eigenvalue weighted by molar-refractivity contribution is 6.02. The quantitative estimate of drug-likeness (QED) is 0.493. The first-order valence-electron chi connectivity index (χ1n) is 11.2. The number of anilines is 1. The Morgan fingerprint density at radius 3 is 2.42 bits per heavy atom. The van der Waals surface area contributed by atoms with Crippen LogP contribution < -0.4 is 9.64 Å². The van der Waals surface area contributed by atoms with Crippen LogP contribution in [-0.2, 0) is 11.0 Å². The third kappa shape index (κ3) is 4.03. The van der Waals surface area contributed by atoms with Crippen molar-refractivity contribution in [3.63, 3.8) is 0 Å². The van der Waals surface area contributed by atoms with Gasteiger partial charge in [-0.25, -0.2) is 13.3 Å². The van der Waals surface area contributed by atoms with Crippen molar-refractivity contribution >= 4 is 23.0 Å². The third-order valence-electron chi connectivity index (χ3n) is 6.56. The zero-order chi connectivity index (χ0) is 25.9. The Kier molecular flexibility index (Phi) is 5.64. The minimum Gasteiger partial charge on any atom is -0.494 e. The predicted molar refractivity (Wildman–Crippen MR) is 118 cm³/mol. The Labute approximate surface area is 202 Å². The van der Waals surface area contributed by atoms with Crippen LogP contribution in [0.5, 0.6) is 5.75 Å². The van der Waals surface area contributed by atoms with Gasteiger partial charge >= 0.3 is 6.18 Å². The van der Waals surface area contributed by atoms with E-state index in [1.165, 1.54) is 14.0 Å². The van der Waals surface area contributed by atoms with Gasteiger partial charge in [-0.15, -0.1) is 0 Å². The van der Waals surface area contributed by atoms with E-state index >= 15 is 0 Å². The summed E-state index contributed by atoms with van der Waals surface area (Å²) in [5.74, 6) is -3.38. The van der Waals surface area contributed by atoms with Gasteiger partial charge in [0, 0.05) is 30.8 Å². The molecule has 2 fully saturated rings. The normalized spacial score (nSPS) is 16.7. The Morgan fingerprint density at radius 2 is 1.81 bits per heavy atom. The van der Waals surface area contributed by atoms with E-state index in [0.29, 0.717) is 5.56 Å². The lowest BCUT2D eigenvalue weighted by Crippen LogP contribution is -2.52. The van der Waals surface area contributed by atoms with Gasteiger partial charge in [0.25, 0.3) is 5.91 Å². The van der Waals surface area contributed by atoms with Crippen LogP contribution in [0.4, 0.5) is 27.6 Å². The Morgan fingerprint density at radius 1 is 1.08 bits per heavy atom. The van der Waals surface area contributed by atoms with Gasteiger partial charge in [0.15, 0.2) is 23.1 Å². The molecule has 0 atom stereocenters. The molecule has 12 heteroatoms. The molecule has 0 bridgehead atoms. The summed E-state index contributed by atoms with van der Waals surface area (Å²) in [5, 5.41) is 3.98. The van der Waals surface area contributed by atoms with Gasteiger partial charge in [0.1, 0.15) is 12.2 Å². The number of piperazine rings is 1. The molecular weight excluding hydrogens is 487 g/mol. The molecule has 1 aromatic carbocycles. The fraction of sp³-hybridized carbons (Fsp3) is 0.375. The number of benzene rings is 1. The van der Waals surface area contributed by atoms with Gasteiger partial charge in [-0.3, -0.25) is 9.59 Å². The molecule has 36 heavy (non-hydrogen) atoms. The summed E-state index contributed by atoms with van der Waals surface area (Å²) in [4.78, 5) is 28.1. The van der Waals surface area contributed by atoms with Crippen LogP contribution in [0, 0.1) is 18.6 Å². The number of carbonyl (C=O) groups excluding carboxylic acids is 2. The number of aromatic nitrogens is 2. The fourth-order valence-corrected chi connectivity index (χ4v) is 4.47. The van der Waals surface area contributed by atoms with E-state index in [1.807, 2.05) is 0 Å². The predicted octanol–water partition coefficient (Wildman–Crippen LogP) is 4.31. The molecule has 2 aliphatic rings. The van der Waals surface area contributed by atoms with E-state index in [-0.39, 0.29) is 47.2 Å². The summed E-state index contributed by atoms with van der Waals surface area (Å²) < 4.78 is 75.3. The number of carbonyl (C=O) groups is 2. The molecule has 3 heterocycles. The molecule has 3 aromatic rings. The fourth-order valence-electron chi connectivity index (χ4n) is 4.47. The van der Waals surface area contributed by atoms with E-state index < -0.39 is 41.9 Å². The summed E-state index contributed by atoms with van der Waals surface area (Å²) in [6, 6.07) is 4.35. The Balaban J connectivity index is 1.43. The first-order valence-corrected chi connectivity index (χ1v) is 11.2. The molecule has 2 aromatic heterocycles. The number of fused-ring (bicyclic) bond motifs is 1. The number of pyridine rings is 1. The maximum atomic E-state index is 14.5. The number of amides is 2. The summed E-state index contributed by atoms with van der Waals surface area (Å²) >= 11 is 0. The minimum atomic E-state index is -4.68. The molecule has 7 nitrogen and oxygen atoms in total. The zero-order valence-electron chi connectivity index (χ0n) is 19.3. The average molecular weight is 508 g/mol. The standard InChI is InChI=1S/C24H21F5N4O3/c1-12-17-7-14(13-3-4-13)8-20(24(27,28)29)33(17)30-22(12)23(35)31-5-6-32(21(34)11-31)18-9-16(26)19(36-2)10-15(18)25/h7-10,13H,3-6,11H2,1-2H3. The Hall–Kier alpha value is -3.70. The second-order valence-electron chi connectivity index (χ2n) is 8.93. The molecule has 1 aliphatic carbocycles. The highest BCUT2D eigenvalue weighted by atomic mass is 19.4. The number of hydrogen-bond acceptors (Lipinski definition) is 4. The van der Waals surface area contributed by atoms with Crippen molar-refractivity contribution in [2.24, 2.45) is 0 Å². The highest BCUT2D eigenvalue weighted by Crippen LogP contribution is 2.43. The number of hydrogen-bond donors (Lipinski definition) is 0. The van der Waals surface area contributed by atoms with Gasteiger partial charge < -0.3 is 14.5 Å². The molecule has 0 N–H and O–H groups in total. The van der Waals surface area contributed by atoms with E-state index in [0.717, 1.165) is 45.4 Å². The zero-order valence-corrected chi connectivity index (χ0v) is 19.3. The molecule has 1 saturated heterocycles. The van der Waals surface area contributed by atoms with Gasteiger partial charge in [-0.2, -0.15) is 18.3 Å². The second kappa shape index (κ2) is 8.45. The van der Waals surface area contributed by atoms with Crippen molar-refractivity contribution in [2.45, 2.75) is 31.9 Å². The van der Waals surface area contributed by atoms with Crippen molar-refractivity contribution < 1.29 is 36.3 Å². The smallest absolute Gasteiger partial charge is 0.433 e. The molecule has 5 rings (SSSR count). The van der Waals surface area contributed by atoms with Gasteiger partial charge in [0.2, 0.25) is 5.91 Å². The number of ether oxygens (including phenoxy) is 1. The minimum absolute atomic E-state index is 0.0512. The lowest BCUT2D eigenvalue weighted by atomic mass is 10.1. The van der Waals surface area contributed by atoms with E-state index in [1.54, 1.807) is 6.07 Å². The van der Waals surface area contributed by atoms with Crippen molar-refractivity contribution in [2.75, 3.05) is 31.6 Å². The maximum absolute atomic E-state index is 14.5. The van der Waals surface area contributed by atoms with Gasteiger partial charge in [-0.05, 0) is 43.4 Å². The average Bonchev–Trinajstić information content (AvgIpc) is 3.62. The van der Waals surface area contributed by atoms with Crippen LogP contribution in [0.1, 0.15) is 46.1 Å². The third-order valence-corrected chi connectivity index (χ3v) is 6.56. The molecular formula is C24H21F5N4O3. The second-order valence-corrected chi connectivity index (χ2v) is 8.93. The van der Waals surface area contributed by atoms with E-state index in [2.05, 4.69) is 5.10 Å². The summed E-state index contributed by atoms with van der Waals surface area (Å²) in [7, 11) is 1.18. The van der Waals surface area contributed by atoms with Crippen LogP contribution in [0.3, 0.4) is 0 Å². The highest BCUT2D eigenvalue weighted by Gasteiger charge is 2.38. The molecule has 1 aliphatic heterocycles. The first kappa shape index (κ1) is 24.0. The molecule has 0 unspecified atom stereocenters. The number of methoxy groups -OCH3 is 1. The molecule has 1 saturated carbocycles. The molecule has 0 spiro atoms. The largest absolute Gasteiger partial charge is 0.494 e. The van der Waals surface area contributed by atoms with Crippen LogP contribution in [-0.4, -0.2) is 53.1 Å².